The molecule has 3 heteroatoms. The maximum atomic E-state index is 12.0. The average molecular weight is 236 g/mol. The number of carboxylic acids is 1. The van der Waals surface area contributed by atoms with Gasteiger partial charge in [-0.05, 0) is 43.4 Å². The van der Waals surface area contributed by atoms with Crippen LogP contribution in [0.15, 0.2) is 12.2 Å². The Balaban J connectivity index is 2.14. The third-order valence-corrected chi connectivity index (χ3v) is 4.75. The highest BCUT2D eigenvalue weighted by molar-refractivity contribution is 5.87. The van der Waals surface area contributed by atoms with Crippen LogP contribution >= 0.6 is 0 Å². The minimum absolute atomic E-state index is 0.00683. The summed E-state index contributed by atoms with van der Waals surface area (Å²) < 4.78 is 0. The van der Waals surface area contributed by atoms with E-state index in [2.05, 4.69) is 13.5 Å². The van der Waals surface area contributed by atoms with Crippen LogP contribution in [0.1, 0.15) is 45.4 Å². The molecule has 0 heterocycles. The van der Waals surface area contributed by atoms with Crippen molar-refractivity contribution in [3.8, 4) is 0 Å². The number of rotatable bonds is 2. The zero-order valence-electron chi connectivity index (χ0n) is 10.4. The van der Waals surface area contributed by atoms with E-state index < -0.39 is 5.97 Å². The smallest absolute Gasteiger partial charge is 0.331 e. The molecule has 2 saturated carbocycles. The molecule has 0 aliphatic heterocycles. The van der Waals surface area contributed by atoms with Crippen molar-refractivity contribution in [2.75, 3.05) is 0 Å². The fraction of sp³-hybridized carbons (Fsp3) is 0.714. The number of carbonyl (C=O) groups is 2. The van der Waals surface area contributed by atoms with E-state index in [1.165, 1.54) is 0 Å². The predicted octanol–water partition coefficient (Wildman–Crippen LogP) is 2.80. The zero-order chi connectivity index (χ0) is 12.6. The largest absolute Gasteiger partial charge is 0.478 e. The van der Waals surface area contributed by atoms with Gasteiger partial charge in [-0.2, -0.15) is 0 Å². The van der Waals surface area contributed by atoms with Gasteiger partial charge < -0.3 is 5.11 Å². The van der Waals surface area contributed by atoms with Gasteiger partial charge in [-0.15, -0.1) is 0 Å². The molecule has 17 heavy (non-hydrogen) atoms. The van der Waals surface area contributed by atoms with Crippen LogP contribution in [-0.2, 0) is 9.59 Å². The quantitative estimate of drug-likeness (QED) is 0.750. The summed E-state index contributed by atoms with van der Waals surface area (Å²) in [6.45, 7) is 5.84. The standard InChI is InChI=1S/C14H20O3/c1-9(13(16)17)10-5-7-14(2)6-3-4-12(15)11(14)8-10/h10-11H,1,3-8H2,2H3,(H,16,17). The van der Waals surface area contributed by atoms with Gasteiger partial charge in [0, 0.05) is 17.9 Å². The fourth-order valence-corrected chi connectivity index (χ4v) is 3.52. The molecule has 0 radical (unpaired) electrons. The Bertz CT molecular complexity index is 372. The minimum Gasteiger partial charge on any atom is -0.478 e. The first-order valence-electron chi connectivity index (χ1n) is 6.39. The molecule has 0 aromatic rings. The van der Waals surface area contributed by atoms with E-state index in [0.717, 1.165) is 25.7 Å². The lowest BCUT2D eigenvalue weighted by atomic mass is 9.57. The van der Waals surface area contributed by atoms with Gasteiger partial charge in [0.05, 0.1) is 0 Å². The van der Waals surface area contributed by atoms with Crippen molar-refractivity contribution >= 4 is 11.8 Å². The number of Topliss-reactive ketones (excluding diaryl/α,β-unsaturated/α-hetero) is 1. The number of fused-ring (bicyclic) bond motifs is 1. The van der Waals surface area contributed by atoms with Crippen molar-refractivity contribution in [1.29, 1.82) is 0 Å². The van der Waals surface area contributed by atoms with Gasteiger partial charge in [-0.25, -0.2) is 4.79 Å². The van der Waals surface area contributed by atoms with Crippen LogP contribution in [0.2, 0.25) is 0 Å². The van der Waals surface area contributed by atoms with E-state index in [4.69, 9.17) is 5.11 Å². The molecule has 94 valence electrons. The molecule has 1 N–H and O–H groups in total. The summed E-state index contributed by atoms with van der Waals surface area (Å²) in [5.74, 6) is -0.526. The lowest BCUT2D eigenvalue weighted by Crippen LogP contribution is -2.42. The van der Waals surface area contributed by atoms with E-state index in [-0.39, 0.29) is 22.8 Å². The Kier molecular flexibility index (Phi) is 3.11. The number of hydrogen-bond donors (Lipinski definition) is 1. The lowest BCUT2D eigenvalue weighted by Gasteiger charge is -2.46. The summed E-state index contributed by atoms with van der Waals surface area (Å²) in [6, 6.07) is 0. The number of carbonyl (C=O) groups excluding carboxylic acids is 1. The van der Waals surface area contributed by atoms with Crippen LogP contribution < -0.4 is 0 Å². The zero-order valence-corrected chi connectivity index (χ0v) is 10.4. The Morgan fingerprint density at radius 3 is 2.82 bits per heavy atom. The molecule has 0 amide bonds. The molecule has 2 aliphatic rings. The summed E-state index contributed by atoms with van der Waals surface area (Å²) in [5.41, 5.74) is 0.398. The molecule has 0 bridgehead atoms. The van der Waals surface area contributed by atoms with Crippen molar-refractivity contribution < 1.29 is 14.7 Å². The monoisotopic (exact) mass is 236 g/mol. The maximum absolute atomic E-state index is 12.0. The molecule has 0 saturated heterocycles. The summed E-state index contributed by atoms with van der Waals surface area (Å²) in [5, 5.41) is 8.98. The third kappa shape index (κ3) is 2.15. The predicted molar refractivity (Wildman–Crippen MR) is 64.6 cm³/mol. The summed E-state index contributed by atoms with van der Waals surface area (Å²) >= 11 is 0. The van der Waals surface area contributed by atoms with Gasteiger partial charge in [-0.3, -0.25) is 4.79 Å². The Morgan fingerprint density at radius 2 is 2.18 bits per heavy atom. The van der Waals surface area contributed by atoms with E-state index in [9.17, 15) is 9.59 Å². The van der Waals surface area contributed by atoms with E-state index in [0.29, 0.717) is 18.6 Å². The van der Waals surface area contributed by atoms with Gasteiger partial charge in [-0.1, -0.05) is 13.5 Å². The van der Waals surface area contributed by atoms with Gasteiger partial charge in [0.15, 0.2) is 0 Å². The molecule has 3 unspecified atom stereocenters. The Labute approximate surface area is 102 Å². The van der Waals surface area contributed by atoms with Gasteiger partial charge >= 0.3 is 5.97 Å². The second kappa shape index (κ2) is 4.28. The molecule has 2 rings (SSSR count). The molecular weight excluding hydrogens is 216 g/mol. The Morgan fingerprint density at radius 1 is 1.47 bits per heavy atom. The van der Waals surface area contributed by atoms with Crippen molar-refractivity contribution in [3.63, 3.8) is 0 Å². The van der Waals surface area contributed by atoms with Gasteiger partial charge in [0.2, 0.25) is 0 Å². The number of aliphatic carboxylic acids is 1. The fourth-order valence-electron chi connectivity index (χ4n) is 3.52. The first-order chi connectivity index (χ1) is 7.94. The van der Waals surface area contributed by atoms with Gasteiger partial charge in [0.25, 0.3) is 0 Å². The highest BCUT2D eigenvalue weighted by Crippen LogP contribution is 2.51. The number of hydrogen-bond acceptors (Lipinski definition) is 2. The van der Waals surface area contributed by atoms with Crippen LogP contribution in [-0.4, -0.2) is 16.9 Å². The molecule has 3 atom stereocenters. The van der Waals surface area contributed by atoms with Crippen LogP contribution in [0.5, 0.6) is 0 Å². The van der Waals surface area contributed by atoms with Gasteiger partial charge in [0.1, 0.15) is 5.78 Å². The highest BCUT2D eigenvalue weighted by Gasteiger charge is 2.46. The first-order valence-corrected chi connectivity index (χ1v) is 6.39. The minimum atomic E-state index is -0.915. The summed E-state index contributed by atoms with van der Waals surface area (Å²) in [7, 11) is 0. The van der Waals surface area contributed by atoms with E-state index in [1.807, 2.05) is 0 Å². The normalized spacial score (nSPS) is 37.4. The molecule has 0 aromatic carbocycles. The third-order valence-electron chi connectivity index (χ3n) is 4.75. The van der Waals surface area contributed by atoms with E-state index in [1.54, 1.807) is 0 Å². The van der Waals surface area contributed by atoms with Crippen molar-refractivity contribution in [2.24, 2.45) is 17.3 Å². The molecule has 0 aromatic heterocycles. The van der Waals surface area contributed by atoms with Crippen LogP contribution in [0.4, 0.5) is 0 Å². The molecule has 2 fully saturated rings. The number of ketones is 1. The molecule has 3 nitrogen and oxygen atoms in total. The van der Waals surface area contributed by atoms with Crippen LogP contribution in [0.3, 0.4) is 0 Å². The van der Waals surface area contributed by atoms with Crippen molar-refractivity contribution in [3.05, 3.63) is 12.2 Å². The van der Waals surface area contributed by atoms with E-state index >= 15 is 0 Å². The first kappa shape index (κ1) is 12.3. The number of carboxylic acid groups (broad SMARTS) is 1. The van der Waals surface area contributed by atoms with Crippen molar-refractivity contribution in [1.82, 2.24) is 0 Å². The maximum Gasteiger partial charge on any atom is 0.331 e. The Hall–Kier alpha value is -1.12. The summed E-state index contributed by atoms with van der Waals surface area (Å²) in [6.07, 6.45) is 5.30. The second-order valence-corrected chi connectivity index (χ2v) is 5.83. The van der Waals surface area contributed by atoms with Crippen molar-refractivity contribution in [2.45, 2.75) is 45.4 Å². The van der Waals surface area contributed by atoms with Crippen LogP contribution in [0.25, 0.3) is 0 Å². The molecule has 2 aliphatic carbocycles. The lowest BCUT2D eigenvalue weighted by molar-refractivity contribution is -0.137. The second-order valence-electron chi connectivity index (χ2n) is 5.83. The molecule has 0 spiro atoms. The average Bonchev–Trinajstić information content (AvgIpc) is 2.27. The summed E-state index contributed by atoms with van der Waals surface area (Å²) in [4.78, 5) is 22.9. The SMILES string of the molecule is C=C(C(=O)O)C1CCC2(C)CCCC(=O)C2C1. The highest BCUT2D eigenvalue weighted by atomic mass is 16.4. The van der Waals surface area contributed by atoms with Crippen LogP contribution in [0, 0.1) is 17.3 Å². The molecular formula is C14H20O3. The topological polar surface area (TPSA) is 54.4 Å².